The maximum absolute atomic E-state index is 12.0. The number of sulfone groups is 1. The smallest absolute Gasteiger partial charge is 0.339 e. The number of benzene rings is 2. The summed E-state index contributed by atoms with van der Waals surface area (Å²) in [6, 6.07) is 15.8. The molecule has 2 aromatic rings. The van der Waals surface area contributed by atoms with Gasteiger partial charge < -0.3 is 19.1 Å². The van der Waals surface area contributed by atoms with Crippen molar-refractivity contribution >= 4 is 32.9 Å². The van der Waals surface area contributed by atoms with E-state index in [9.17, 15) is 38.2 Å². The van der Waals surface area contributed by atoms with E-state index in [1.54, 1.807) is 24.3 Å². The van der Waals surface area contributed by atoms with Crippen LogP contribution in [0.2, 0.25) is 0 Å². The maximum Gasteiger partial charge on any atom is 0.339 e. The summed E-state index contributed by atoms with van der Waals surface area (Å²) in [5.41, 5.74) is 2.90. The lowest BCUT2D eigenvalue weighted by atomic mass is 9.97. The van der Waals surface area contributed by atoms with Crippen molar-refractivity contribution in [2.75, 3.05) is 26.1 Å². The molecular weight excluding hydrogens is 552 g/mol. The van der Waals surface area contributed by atoms with Crippen LogP contribution in [0.5, 0.6) is 0 Å². The lowest BCUT2D eigenvalue weighted by Crippen LogP contribution is -2.24. The van der Waals surface area contributed by atoms with Crippen LogP contribution < -0.4 is 0 Å². The van der Waals surface area contributed by atoms with Gasteiger partial charge >= 0.3 is 11.9 Å². The number of carbonyl (C=O) groups excluding carboxylic acids is 2. The average molecular weight is 581 g/mol. The SMILES string of the molecule is CC(=O)OCCCCC(CO[N+](=O)[O-])O[N+](=O)[O-].CS(=O)(=O)c1ccc(C2=C(c3ccccc3)C(=O)OC2)cc1. The van der Waals surface area contributed by atoms with Gasteiger partial charge in [-0.2, -0.15) is 0 Å². The molecule has 15 heteroatoms. The Morgan fingerprint density at radius 2 is 1.65 bits per heavy atom. The summed E-state index contributed by atoms with van der Waals surface area (Å²) in [7, 11) is -3.23. The molecule has 0 amide bonds. The summed E-state index contributed by atoms with van der Waals surface area (Å²) in [5.74, 6) is -0.766. The molecule has 1 unspecified atom stereocenters. The van der Waals surface area contributed by atoms with Crippen molar-refractivity contribution in [2.24, 2.45) is 0 Å². The molecule has 14 nitrogen and oxygen atoms in total. The highest BCUT2D eigenvalue weighted by Gasteiger charge is 2.27. The number of nitrogens with zero attached hydrogens (tertiary/aromatic N) is 2. The van der Waals surface area contributed by atoms with Crippen molar-refractivity contribution in [3.05, 3.63) is 86.0 Å². The Hall–Kier alpha value is -4.53. The zero-order chi connectivity index (χ0) is 29.7. The molecule has 0 bridgehead atoms. The van der Waals surface area contributed by atoms with Crippen LogP contribution in [0.25, 0.3) is 11.1 Å². The highest BCUT2D eigenvalue weighted by atomic mass is 32.2. The van der Waals surface area contributed by atoms with Gasteiger partial charge in [0.15, 0.2) is 9.84 Å². The average Bonchev–Trinajstić information content (AvgIpc) is 3.28. The van der Waals surface area contributed by atoms with Gasteiger partial charge in [0.1, 0.15) is 19.3 Å². The van der Waals surface area contributed by atoms with E-state index in [0.29, 0.717) is 18.4 Å². The second kappa shape index (κ2) is 15.2. The zero-order valence-corrected chi connectivity index (χ0v) is 22.5. The number of esters is 2. The third-order valence-corrected chi connectivity index (χ3v) is 6.50. The van der Waals surface area contributed by atoms with Gasteiger partial charge in [-0.3, -0.25) is 4.79 Å². The summed E-state index contributed by atoms with van der Waals surface area (Å²) in [6.45, 7) is 1.14. The Morgan fingerprint density at radius 1 is 1.00 bits per heavy atom. The zero-order valence-electron chi connectivity index (χ0n) is 21.7. The quantitative estimate of drug-likeness (QED) is 0.146. The standard InChI is InChI=1S/C17H14O4S.C8H14N2O8/c1-22(19,20)14-9-7-12(8-10-14)15-11-21-17(18)16(15)13-5-3-2-4-6-13;1-7(11)16-5-3-2-4-8(18-10(14)15)6-17-9(12)13/h2-10H,11H2,1H3;8H,2-6H2,1H3. The molecule has 0 aliphatic carbocycles. The fourth-order valence-corrected chi connectivity index (χ4v) is 4.19. The van der Waals surface area contributed by atoms with Crippen LogP contribution in [0.4, 0.5) is 0 Å². The normalized spacial score (nSPS) is 13.4. The number of carbonyl (C=O) groups is 2. The molecular formula is C25H28N2O12S. The topological polar surface area (TPSA) is 191 Å². The van der Waals surface area contributed by atoms with E-state index in [2.05, 4.69) is 14.4 Å². The first kappa shape index (κ1) is 31.7. The Labute approximate surface area is 229 Å². The van der Waals surface area contributed by atoms with Crippen molar-refractivity contribution in [1.29, 1.82) is 0 Å². The van der Waals surface area contributed by atoms with Crippen LogP contribution in [0.3, 0.4) is 0 Å². The van der Waals surface area contributed by atoms with Gasteiger partial charge in [-0.15, -0.1) is 20.2 Å². The third-order valence-electron chi connectivity index (χ3n) is 5.37. The van der Waals surface area contributed by atoms with Crippen LogP contribution in [0, 0.1) is 20.2 Å². The molecule has 1 aliphatic heterocycles. The van der Waals surface area contributed by atoms with Crippen LogP contribution in [0.15, 0.2) is 59.5 Å². The van der Waals surface area contributed by atoms with Crippen molar-refractivity contribution in [3.63, 3.8) is 0 Å². The van der Waals surface area contributed by atoms with E-state index in [0.717, 1.165) is 16.7 Å². The molecule has 0 spiro atoms. The molecule has 1 atom stereocenters. The van der Waals surface area contributed by atoms with E-state index in [4.69, 9.17) is 4.74 Å². The minimum absolute atomic E-state index is 0.191. The van der Waals surface area contributed by atoms with Gasteiger partial charge in [-0.05, 0) is 42.5 Å². The monoisotopic (exact) mass is 580 g/mol. The first-order chi connectivity index (χ1) is 18.9. The molecule has 0 radical (unpaired) electrons. The molecule has 1 heterocycles. The first-order valence-corrected chi connectivity index (χ1v) is 13.8. The second-order valence-corrected chi connectivity index (χ2v) is 10.4. The molecule has 0 N–H and O–H groups in total. The van der Waals surface area contributed by atoms with Gasteiger partial charge in [0.05, 0.1) is 17.1 Å². The van der Waals surface area contributed by atoms with E-state index in [1.165, 1.54) is 13.2 Å². The Balaban J connectivity index is 0.000000288. The highest BCUT2D eigenvalue weighted by molar-refractivity contribution is 7.90. The van der Waals surface area contributed by atoms with Crippen LogP contribution >= 0.6 is 0 Å². The lowest BCUT2D eigenvalue weighted by Gasteiger charge is -2.13. The predicted molar refractivity (Wildman–Crippen MR) is 139 cm³/mol. The number of hydrogen-bond acceptors (Lipinski definition) is 12. The molecule has 2 aromatic carbocycles. The highest BCUT2D eigenvalue weighted by Crippen LogP contribution is 2.33. The molecule has 0 saturated heterocycles. The number of unbranched alkanes of at least 4 members (excludes halogenated alkanes) is 1. The Morgan fingerprint density at radius 3 is 2.20 bits per heavy atom. The lowest BCUT2D eigenvalue weighted by molar-refractivity contribution is -0.790. The fourth-order valence-electron chi connectivity index (χ4n) is 3.56. The summed E-state index contributed by atoms with van der Waals surface area (Å²) >= 11 is 0. The van der Waals surface area contributed by atoms with Crippen molar-refractivity contribution in [2.45, 2.75) is 37.2 Å². The predicted octanol–water partition coefficient (Wildman–Crippen LogP) is 3.06. The number of cyclic esters (lactones) is 1. The van der Waals surface area contributed by atoms with E-state index < -0.39 is 38.7 Å². The molecule has 40 heavy (non-hydrogen) atoms. The van der Waals surface area contributed by atoms with E-state index in [-0.39, 0.29) is 30.5 Å². The number of ether oxygens (including phenoxy) is 2. The summed E-state index contributed by atoms with van der Waals surface area (Å²) < 4.78 is 32.8. The summed E-state index contributed by atoms with van der Waals surface area (Å²) in [5, 5.41) is 18.0. The fraction of sp³-hybridized carbons (Fsp3) is 0.360. The largest absolute Gasteiger partial charge is 0.466 e. The van der Waals surface area contributed by atoms with Crippen LogP contribution in [-0.4, -0.2) is 62.7 Å². The van der Waals surface area contributed by atoms with Crippen LogP contribution in [-0.2, 0) is 38.6 Å². The molecule has 1 aliphatic rings. The van der Waals surface area contributed by atoms with Gasteiger partial charge in [0, 0.05) is 18.8 Å². The van der Waals surface area contributed by atoms with Gasteiger partial charge in [-0.25, -0.2) is 13.2 Å². The van der Waals surface area contributed by atoms with Crippen molar-refractivity contribution in [1.82, 2.24) is 0 Å². The van der Waals surface area contributed by atoms with Gasteiger partial charge in [0.25, 0.3) is 10.2 Å². The number of hydrogen-bond donors (Lipinski definition) is 0. The Bertz CT molecular complexity index is 1330. The van der Waals surface area contributed by atoms with E-state index in [1.807, 2.05) is 30.3 Å². The molecule has 3 rings (SSSR count). The summed E-state index contributed by atoms with van der Waals surface area (Å²) in [4.78, 5) is 51.0. The molecule has 0 aromatic heterocycles. The van der Waals surface area contributed by atoms with Crippen molar-refractivity contribution < 1.29 is 47.3 Å². The first-order valence-electron chi connectivity index (χ1n) is 11.9. The molecule has 216 valence electrons. The molecule has 0 saturated carbocycles. The van der Waals surface area contributed by atoms with Gasteiger partial charge in [-0.1, -0.05) is 42.5 Å². The van der Waals surface area contributed by atoms with Crippen molar-refractivity contribution in [3.8, 4) is 0 Å². The number of rotatable bonds is 13. The minimum atomic E-state index is -3.23. The van der Waals surface area contributed by atoms with Gasteiger partial charge in [0.2, 0.25) is 0 Å². The maximum atomic E-state index is 12.0. The third kappa shape index (κ3) is 10.7. The Kier molecular flexibility index (Phi) is 12.0. The van der Waals surface area contributed by atoms with E-state index >= 15 is 0 Å². The summed E-state index contributed by atoms with van der Waals surface area (Å²) in [6.07, 6.45) is 1.28. The van der Waals surface area contributed by atoms with Crippen LogP contribution in [0.1, 0.15) is 37.3 Å². The second-order valence-electron chi connectivity index (χ2n) is 8.40. The minimum Gasteiger partial charge on any atom is -0.466 e. The molecule has 0 fully saturated rings.